The van der Waals surface area contributed by atoms with Crippen LogP contribution in [0, 0.1) is 11.3 Å². The average Bonchev–Trinajstić information content (AvgIpc) is 3.29. The topological polar surface area (TPSA) is 176 Å². The lowest BCUT2D eigenvalue weighted by Gasteiger charge is -2.20. The number of rotatable bonds is 15. The molecule has 14 heteroatoms. The molecular formula is C22H31N7O3S4. The largest absolute Gasteiger partial charge is 0.355 e. The molecule has 0 saturated carbocycles. The van der Waals surface area contributed by atoms with Crippen molar-refractivity contribution in [1.29, 1.82) is 5.26 Å². The van der Waals surface area contributed by atoms with Crippen LogP contribution in [0.15, 0.2) is 18.2 Å². The minimum absolute atomic E-state index is 0.144. The molecule has 1 aromatic carbocycles. The van der Waals surface area contributed by atoms with Crippen molar-refractivity contribution in [2.45, 2.75) is 44.3 Å². The van der Waals surface area contributed by atoms with Crippen LogP contribution in [-0.4, -0.2) is 64.6 Å². The third-order valence-corrected chi connectivity index (χ3v) is 8.75. The molecular weight excluding hydrogens is 539 g/mol. The van der Waals surface area contributed by atoms with E-state index in [0.717, 1.165) is 10.5 Å². The fraction of sp³-hybridized carbons (Fsp3) is 0.500. The molecule has 2 rings (SSSR count). The van der Waals surface area contributed by atoms with Crippen molar-refractivity contribution in [3.05, 3.63) is 23.2 Å². The number of thiazole rings is 1. The summed E-state index contributed by atoms with van der Waals surface area (Å²) >= 11 is 5.28. The number of aromatic nitrogens is 1. The highest BCUT2D eigenvalue weighted by Crippen LogP contribution is 2.25. The van der Waals surface area contributed by atoms with Gasteiger partial charge in [0.1, 0.15) is 12.1 Å². The number of nitrogens with one attached hydrogen (secondary N) is 3. The van der Waals surface area contributed by atoms with Crippen molar-refractivity contribution in [3.63, 3.8) is 0 Å². The first kappa shape index (κ1) is 30.2. The maximum atomic E-state index is 13.0. The Bertz CT molecular complexity index is 1080. The summed E-state index contributed by atoms with van der Waals surface area (Å²) in [6.07, 6.45) is 1.53. The molecule has 3 atom stereocenters. The van der Waals surface area contributed by atoms with Gasteiger partial charge in [-0.1, -0.05) is 28.5 Å². The van der Waals surface area contributed by atoms with Crippen molar-refractivity contribution < 1.29 is 14.4 Å². The number of hydrogen-bond acceptors (Lipinski definition) is 11. The Labute approximate surface area is 227 Å². The second-order valence-electron chi connectivity index (χ2n) is 7.74. The molecule has 0 unspecified atom stereocenters. The Hall–Kier alpha value is -2.02. The van der Waals surface area contributed by atoms with Gasteiger partial charge < -0.3 is 27.4 Å². The third kappa shape index (κ3) is 9.79. The first-order valence-corrected chi connectivity index (χ1v) is 15.3. The van der Waals surface area contributed by atoms with E-state index >= 15 is 0 Å². The van der Waals surface area contributed by atoms with E-state index in [1.165, 1.54) is 11.3 Å². The lowest BCUT2D eigenvalue weighted by molar-refractivity contribution is -0.127. The number of hydrogen-bond donors (Lipinski definition) is 6. The van der Waals surface area contributed by atoms with E-state index < -0.39 is 29.9 Å². The molecule has 0 aliphatic heterocycles. The van der Waals surface area contributed by atoms with Crippen LogP contribution >= 0.6 is 45.6 Å². The molecule has 1 heterocycles. The van der Waals surface area contributed by atoms with Crippen molar-refractivity contribution in [2.24, 2.45) is 11.5 Å². The second kappa shape index (κ2) is 16.0. The summed E-state index contributed by atoms with van der Waals surface area (Å²) in [7, 11) is 3.23. The van der Waals surface area contributed by atoms with E-state index in [-0.39, 0.29) is 11.7 Å². The van der Waals surface area contributed by atoms with Crippen LogP contribution in [-0.2, 0) is 14.4 Å². The Balaban J connectivity index is 1.92. The lowest BCUT2D eigenvalue weighted by atomic mass is 10.1. The molecule has 36 heavy (non-hydrogen) atoms. The maximum absolute atomic E-state index is 13.0. The molecule has 0 aliphatic rings. The van der Waals surface area contributed by atoms with Gasteiger partial charge in [0.2, 0.25) is 17.7 Å². The number of nitrogens with two attached hydrogens (primary N) is 2. The monoisotopic (exact) mass is 569 g/mol. The van der Waals surface area contributed by atoms with Gasteiger partial charge in [0, 0.05) is 29.5 Å². The summed E-state index contributed by atoms with van der Waals surface area (Å²) in [5.41, 5.74) is 12.8. The summed E-state index contributed by atoms with van der Waals surface area (Å²) in [5.74, 6) is 0.559. The van der Waals surface area contributed by atoms with Crippen LogP contribution in [0.5, 0.6) is 0 Å². The number of amides is 3. The number of fused-ring (bicyclic) bond motifs is 1. The molecule has 1 aromatic heterocycles. The standard InChI is InChI=1S/C22H31N7O3S4/c1-2-34-35-12-15(25)20(30)26-8-4-3-5-17(29-21(31)14(24)11-33)22(32)27-13-6-7-16-18(9-13)36-19(10-23)28-16/h6-7,9,14-15,17,33H,2-5,8,11-12,24-25H2,1H3,(H,26,30)(H,27,32)(H,29,31)/t14-,15-,17-/m0/s1. The van der Waals surface area contributed by atoms with E-state index in [9.17, 15) is 14.4 Å². The molecule has 2 aromatic rings. The van der Waals surface area contributed by atoms with Gasteiger partial charge in [-0.3, -0.25) is 14.4 Å². The second-order valence-corrected chi connectivity index (χ2v) is 11.9. The van der Waals surface area contributed by atoms with Crippen molar-refractivity contribution >= 4 is 79.2 Å². The summed E-state index contributed by atoms with van der Waals surface area (Å²) in [5, 5.41) is 17.7. The van der Waals surface area contributed by atoms with Crippen molar-refractivity contribution in [3.8, 4) is 6.07 Å². The smallest absolute Gasteiger partial charge is 0.246 e. The number of nitriles is 1. The average molecular weight is 570 g/mol. The molecule has 10 nitrogen and oxygen atoms in total. The Morgan fingerprint density at radius 3 is 2.64 bits per heavy atom. The van der Waals surface area contributed by atoms with Gasteiger partial charge in [0.05, 0.1) is 22.3 Å². The number of carbonyl (C=O) groups is 3. The van der Waals surface area contributed by atoms with Gasteiger partial charge in [-0.25, -0.2) is 4.98 Å². The highest BCUT2D eigenvalue weighted by atomic mass is 33.1. The highest BCUT2D eigenvalue weighted by molar-refractivity contribution is 8.76. The fourth-order valence-electron chi connectivity index (χ4n) is 3.01. The van der Waals surface area contributed by atoms with Crippen LogP contribution in [0.3, 0.4) is 0 Å². The number of carbonyl (C=O) groups excluding carboxylic acids is 3. The normalized spacial score (nSPS) is 13.4. The zero-order chi connectivity index (χ0) is 26.5. The number of nitrogens with zero attached hydrogens (tertiary/aromatic N) is 2. The molecule has 196 valence electrons. The summed E-state index contributed by atoms with van der Waals surface area (Å²) in [6, 6.07) is 4.92. The first-order chi connectivity index (χ1) is 17.3. The van der Waals surface area contributed by atoms with E-state index in [1.54, 1.807) is 39.8 Å². The van der Waals surface area contributed by atoms with Crippen LogP contribution in [0.1, 0.15) is 31.2 Å². The molecule has 0 aliphatic carbocycles. The summed E-state index contributed by atoms with van der Waals surface area (Å²) < 4.78 is 0.766. The zero-order valence-corrected chi connectivity index (χ0v) is 23.2. The predicted octanol–water partition coefficient (Wildman–Crippen LogP) is 1.86. The van der Waals surface area contributed by atoms with Crippen LogP contribution in [0.2, 0.25) is 0 Å². The molecule has 0 bridgehead atoms. The van der Waals surface area contributed by atoms with Crippen molar-refractivity contribution in [1.82, 2.24) is 15.6 Å². The minimum Gasteiger partial charge on any atom is -0.355 e. The fourth-order valence-corrected chi connectivity index (χ4v) is 5.76. The number of benzene rings is 1. The third-order valence-electron chi connectivity index (χ3n) is 4.92. The Morgan fingerprint density at radius 1 is 1.17 bits per heavy atom. The number of thiol groups is 1. The van der Waals surface area contributed by atoms with Gasteiger partial charge in [-0.2, -0.15) is 17.9 Å². The lowest BCUT2D eigenvalue weighted by Crippen LogP contribution is -2.50. The quantitative estimate of drug-likeness (QED) is 0.106. The molecule has 0 radical (unpaired) electrons. The predicted molar refractivity (Wildman–Crippen MR) is 152 cm³/mol. The zero-order valence-electron chi connectivity index (χ0n) is 19.9. The van der Waals surface area contributed by atoms with Gasteiger partial charge in [-0.15, -0.1) is 11.3 Å². The van der Waals surface area contributed by atoms with Crippen LogP contribution < -0.4 is 27.4 Å². The van der Waals surface area contributed by atoms with Gasteiger partial charge in [-0.05, 0) is 37.5 Å². The van der Waals surface area contributed by atoms with E-state index in [1.807, 2.05) is 13.0 Å². The van der Waals surface area contributed by atoms with E-state index in [4.69, 9.17) is 16.7 Å². The summed E-state index contributed by atoms with van der Waals surface area (Å²) in [4.78, 5) is 41.6. The first-order valence-electron chi connectivity index (χ1n) is 11.3. The molecule has 7 N–H and O–H groups in total. The minimum atomic E-state index is -0.842. The molecule has 0 fully saturated rings. The van der Waals surface area contributed by atoms with Gasteiger partial charge in [0.25, 0.3) is 0 Å². The Kier molecular flexibility index (Phi) is 13.4. The van der Waals surface area contributed by atoms with Crippen LogP contribution in [0.25, 0.3) is 10.2 Å². The van der Waals surface area contributed by atoms with E-state index in [0.29, 0.717) is 47.8 Å². The molecule has 0 saturated heterocycles. The van der Waals surface area contributed by atoms with Gasteiger partial charge in [0.15, 0.2) is 5.01 Å². The Morgan fingerprint density at radius 2 is 1.94 bits per heavy atom. The molecule has 0 spiro atoms. The number of anilines is 1. The van der Waals surface area contributed by atoms with E-state index in [2.05, 4.69) is 33.6 Å². The number of unbranched alkanes of at least 4 members (excludes halogenated alkanes) is 1. The SMILES string of the molecule is CCSSC[C@H](N)C(=O)NCCCC[C@H](NC(=O)[C@@H](N)CS)C(=O)Nc1ccc2nc(C#N)sc2c1. The molecule has 3 amide bonds. The van der Waals surface area contributed by atoms with Crippen LogP contribution in [0.4, 0.5) is 5.69 Å². The van der Waals surface area contributed by atoms with Gasteiger partial charge >= 0.3 is 0 Å². The van der Waals surface area contributed by atoms with Crippen molar-refractivity contribution in [2.75, 3.05) is 29.1 Å². The maximum Gasteiger partial charge on any atom is 0.246 e. The highest BCUT2D eigenvalue weighted by Gasteiger charge is 2.23. The summed E-state index contributed by atoms with van der Waals surface area (Å²) in [6.45, 7) is 2.45.